The molecular weight excluding hydrogens is 392 g/mol. The molecule has 0 saturated carbocycles. The molecule has 0 aliphatic carbocycles. The summed E-state index contributed by atoms with van der Waals surface area (Å²) in [5, 5.41) is 3.28. The summed E-state index contributed by atoms with van der Waals surface area (Å²) in [6.45, 7) is 1.64. The zero-order valence-electron chi connectivity index (χ0n) is 13.3. The van der Waals surface area contributed by atoms with Crippen LogP contribution in [0.3, 0.4) is 0 Å². The molecule has 0 aromatic heterocycles. The van der Waals surface area contributed by atoms with Crippen molar-refractivity contribution in [1.29, 1.82) is 0 Å². The SMILES string of the molecule is COc1cccc(S(=O)(=O)N2CCNCC2c2cccc(Br)c2)c1. The number of methoxy groups -OCH3 is 1. The minimum atomic E-state index is -3.61. The normalized spacial score (nSPS) is 19.2. The zero-order valence-corrected chi connectivity index (χ0v) is 15.7. The van der Waals surface area contributed by atoms with Crippen LogP contribution in [0.15, 0.2) is 57.9 Å². The number of ether oxygens (including phenoxy) is 1. The van der Waals surface area contributed by atoms with Crippen LogP contribution in [0.25, 0.3) is 0 Å². The van der Waals surface area contributed by atoms with Crippen LogP contribution in [0.4, 0.5) is 0 Å². The number of benzene rings is 2. The van der Waals surface area contributed by atoms with Crippen LogP contribution in [0.5, 0.6) is 5.75 Å². The number of nitrogens with zero attached hydrogens (tertiary/aromatic N) is 1. The van der Waals surface area contributed by atoms with Crippen molar-refractivity contribution in [3.8, 4) is 5.75 Å². The Labute approximate surface area is 150 Å². The van der Waals surface area contributed by atoms with Crippen molar-refractivity contribution in [3.63, 3.8) is 0 Å². The molecule has 0 amide bonds. The standard InChI is InChI=1S/C17H19BrN2O3S/c1-23-15-6-3-7-16(11-15)24(21,22)20-9-8-19-12-17(20)13-4-2-5-14(18)10-13/h2-7,10-11,17,19H,8-9,12H2,1H3. The summed E-state index contributed by atoms with van der Waals surface area (Å²) in [7, 11) is -2.08. The van der Waals surface area contributed by atoms with Gasteiger partial charge in [-0.05, 0) is 29.8 Å². The minimum absolute atomic E-state index is 0.243. The maximum atomic E-state index is 13.2. The van der Waals surface area contributed by atoms with Crippen molar-refractivity contribution in [1.82, 2.24) is 9.62 Å². The summed E-state index contributed by atoms with van der Waals surface area (Å²) in [4.78, 5) is 0.253. The largest absolute Gasteiger partial charge is 0.497 e. The summed E-state index contributed by atoms with van der Waals surface area (Å²) < 4.78 is 34.0. The van der Waals surface area contributed by atoms with Crippen molar-refractivity contribution in [3.05, 3.63) is 58.6 Å². The average molecular weight is 411 g/mol. The van der Waals surface area contributed by atoms with E-state index < -0.39 is 10.0 Å². The lowest BCUT2D eigenvalue weighted by atomic mass is 10.1. The quantitative estimate of drug-likeness (QED) is 0.841. The molecule has 1 heterocycles. The minimum Gasteiger partial charge on any atom is -0.497 e. The number of piperazine rings is 1. The van der Waals surface area contributed by atoms with E-state index in [-0.39, 0.29) is 10.9 Å². The number of sulfonamides is 1. The van der Waals surface area contributed by atoms with Gasteiger partial charge in [-0.15, -0.1) is 0 Å². The van der Waals surface area contributed by atoms with Gasteiger partial charge in [-0.2, -0.15) is 4.31 Å². The molecule has 1 saturated heterocycles. The first-order valence-electron chi connectivity index (χ1n) is 7.64. The third kappa shape index (κ3) is 3.49. The second-order valence-corrected chi connectivity index (χ2v) is 8.38. The number of nitrogens with one attached hydrogen (secondary N) is 1. The molecular formula is C17H19BrN2O3S. The topological polar surface area (TPSA) is 58.6 Å². The van der Waals surface area contributed by atoms with Gasteiger partial charge in [0.1, 0.15) is 5.75 Å². The summed E-state index contributed by atoms with van der Waals surface area (Å²) in [6.07, 6.45) is 0. The lowest BCUT2D eigenvalue weighted by Gasteiger charge is -2.35. The van der Waals surface area contributed by atoms with Gasteiger partial charge in [-0.3, -0.25) is 0 Å². The Kier molecular flexibility index (Phi) is 5.24. The highest BCUT2D eigenvalue weighted by molar-refractivity contribution is 9.10. The molecule has 2 aromatic rings. The Hall–Kier alpha value is -1.41. The molecule has 0 spiro atoms. The van der Waals surface area contributed by atoms with Crippen LogP contribution in [-0.4, -0.2) is 39.5 Å². The summed E-state index contributed by atoms with van der Waals surface area (Å²) >= 11 is 3.46. The van der Waals surface area contributed by atoms with Crippen LogP contribution in [0, 0.1) is 0 Å². The van der Waals surface area contributed by atoms with Crippen LogP contribution >= 0.6 is 15.9 Å². The van der Waals surface area contributed by atoms with Crippen LogP contribution in [0.1, 0.15) is 11.6 Å². The second kappa shape index (κ2) is 7.23. The fraction of sp³-hybridized carbons (Fsp3) is 0.294. The van der Waals surface area contributed by atoms with Gasteiger partial charge >= 0.3 is 0 Å². The van der Waals surface area contributed by atoms with Crippen molar-refractivity contribution in [2.45, 2.75) is 10.9 Å². The summed E-state index contributed by atoms with van der Waals surface area (Å²) in [6, 6.07) is 14.1. The van der Waals surface area contributed by atoms with Gasteiger partial charge in [-0.25, -0.2) is 8.42 Å². The molecule has 1 fully saturated rings. The third-order valence-corrected chi connectivity index (χ3v) is 6.47. The maximum Gasteiger partial charge on any atom is 0.243 e. The first kappa shape index (κ1) is 17.4. The Morgan fingerprint density at radius 1 is 1.21 bits per heavy atom. The molecule has 128 valence electrons. The molecule has 5 nitrogen and oxygen atoms in total. The van der Waals surface area contributed by atoms with Crippen molar-refractivity contribution < 1.29 is 13.2 Å². The lowest BCUT2D eigenvalue weighted by Crippen LogP contribution is -2.48. The average Bonchev–Trinajstić information content (AvgIpc) is 2.62. The van der Waals surface area contributed by atoms with Crippen molar-refractivity contribution in [2.24, 2.45) is 0 Å². The van der Waals surface area contributed by atoms with Crippen molar-refractivity contribution in [2.75, 3.05) is 26.7 Å². The predicted molar refractivity (Wildman–Crippen MR) is 96.6 cm³/mol. The first-order chi connectivity index (χ1) is 11.5. The predicted octanol–water partition coefficient (Wildman–Crippen LogP) is 2.79. The number of rotatable bonds is 4. The van der Waals surface area contributed by atoms with E-state index in [4.69, 9.17) is 4.74 Å². The molecule has 0 bridgehead atoms. The highest BCUT2D eigenvalue weighted by atomic mass is 79.9. The van der Waals surface area contributed by atoms with E-state index >= 15 is 0 Å². The van der Waals surface area contributed by atoms with E-state index in [1.807, 2.05) is 24.3 Å². The van der Waals surface area contributed by atoms with Gasteiger partial charge in [0.2, 0.25) is 10.0 Å². The Bertz CT molecular complexity index is 826. The Morgan fingerprint density at radius 2 is 2.00 bits per heavy atom. The fourth-order valence-electron chi connectivity index (χ4n) is 2.87. The highest BCUT2D eigenvalue weighted by Gasteiger charge is 2.34. The fourth-order valence-corrected chi connectivity index (χ4v) is 4.93. The van der Waals surface area contributed by atoms with E-state index in [1.54, 1.807) is 28.6 Å². The van der Waals surface area contributed by atoms with Gasteiger partial charge in [0, 0.05) is 30.2 Å². The van der Waals surface area contributed by atoms with Gasteiger partial charge < -0.3 is 10.1 Å². The van der Waals surface area contributed by atoms with E-state index in [1.165, 1.54) is 7.11 Å². The van der Waals surface area contributed by atoms with E-state index in [9.17, 15) is 8.42 Å². The van der Waals surface area contributed by atoms with Crippen LogP contribution < -0.4 is 10.1 Å². The zero-order chi connectivity index (χ0) is 17.2. The molecule has 7 heteroatoms. The molecule has 1 N–H and O–H groups in total. The third-order valence-electron chi connectivity index (χ3n) is 4.08. The molecule has 1 aliphatic heterocycles. The van der Waals surface area contributed by atoms with E-state index in [2.05, 4.69) is 21.2 Å². The molecule has 0 radical (unpaired) electrons. The highest BCUT2D eigenvalue weighted by Crippen LogP contribution is 2.31. The maximum absolute atomic E-state index is 13.2. The Balaban J connectivity index is 2.00. The smallest absolute Gasteiger partial charge is 0.243 e. The second-order valence-electron chi connectivity index (χ2n) is 5.57. The number of hydrogen-bond donors (Lipinski definition) is 1. The van der Waals surface area contributed by atoms with Crippen LogP contribution in [0.2, 0.25) is 0 Å². The molecule has 1 aliphatic rings. The van der Waals surface area contributed by atoms with Gasteiger partial charge in [0.25, 0.3) is 0 Å². The molecule has 1 unspecified atom stereocenters. The van der Waals surface area contributed by atoms with Crippen molar-refractivity contribution >= 4 is 26.0 Å². The van der Waals surface area contributed by atoms with Gasteiger partial charge in [0.05, 0.1) is 18.0 Å². The van der Waals surface area contributed by atoms with Gasteiger partial charge in [-0.1, -0.05) is 34.1 Å². The molecule has 2 aromatic carbocycles. The Morgan fingerprint density at radius 3 is 2.75 bits per heavy atom. The summed E-state index contributed by atoms with van der Waals surface area (Å²) in [5.41, 5.74) is 0.961. The van der Waals surface area contributed by atoms with Gasteiger partial charge in [0.15, 0.2) is 0 Å². The number of halogens is 1. The number of hydrogen-bond acceptors (Lipinski definition) is 4. The molecule has 3 rings (SSSR count). The van der Waals surface area contributed by atoms with E-state index in [0.717, 1.165) is 10.0 Å². The van der Waals surface area contributed by atoms with E-state index in [0.29, 0.717) is 25.4 Å². The molecule has 24 heavy (non-hydrogen) atoms. The first-order valence-corrected chi connectivity index (χ1v) is 9.88. The molecule has 1 atom stereocenters. The monoisotopic (exact) mass is 410 g/mol. The lowest BCUT2D eigenvalue weighted by molar-refractivity contribution is 0.271. The summed E-state index contributed by atoms with van der Waals surface area (Å²) in [5.74, 6) is 0.533. The van der Waals surface area contributed by atoms with Crippen LogP contribution in [-0.2, 0) is 10.0 Å².